The van der Waals surface area contributed by atoms with Gasteiger partial charge >= 0.3 is 11.9 Å². The van der Waals surface area contributed by atoms with Crippen molar-refractivity contribution < 1.29 is 19.4 Å². The number of aromatic nitrogens is 2. The van der Waals surface area contributed by atoms with Gasteiger partial charge in [0.05, 0.1) is 18.5 Å². The molecule has 2 aromatic rings. The summed E-state index contributed by atoms with van der Waals surface area (Å²) in [4.78, 5) is 35.1. The van der Waals surface area contributed by atoms with Crippen molar-refractivity contribution >= 4 is 23.5 Å². The van der Waals surface area contributed by atoms with E-state index in [-0.39, 0.29) is 11.3 Å². The van der Waals surface area contributed by atoms with Crippen molar-refractivity contribution in [3.63, 3.8) is 0 Å². The van der Waals surface area contributed by atoms with Crippen LogP contribution in [-0.2, 0) is 4.74 Å². The van der Waals surface area contributed by atoms with E-state index in [0.717, 1.165) is 7.11 Å². The highest BCUT2D eigenvalue weighted by molar-refractivity contribution is 6.30. The van der Waals surface area contributed by atoms with Crippen molar-refractivity contribution in [3.8, 4) is 5.69 Å². The van der Waals surface area contributed by atoms with E-state index in [1.54, 1.807) is 24.3 Å². The molecule has 22 heavy (non-hydrogen) atoms. The Morgan fingerprint density at radius 1 is 1.27 bits per heavy atom. The van der Waals surface area contributed by atoms with E-state index in [1.807, 2.05) is 0 Å². The lowest BCUT2D eigenvalue weighted by Crippen LogP contribution is -2.30. The smallest absolute Gasteiger partial charge is 0.360 e. The molecule has 0 amide bonds. The van der Waals surface area contributed by atoms with Gasteiger partial charge in [-0.3, -0.25) is 4.79 Å². The van der Waals surface area contributed by atoms with Gasteiger partial charge in [0.25, 0.3) is 0 Å². The summed E-state index contributed by atoms with van der Waals surface area (Å²) >= 11 is 5.80. The van der Waals surface area contributed by atoms with Crippen LogP contribution in [0.5, 0.6) is 0 Å². The van der Waals surface area contributed by atoms with Gasteiger partial charge in [-0.2, -0.15) is 5.10 Å². The van der Waals surface area contributed by atoms with E-state index in [1.165, 1.54) is 11.6 Å². The van der Waals surface area contributed by atoms with Crippen LogP contribution >= 0.6 is 11.6 Å². The van der Waals surface area contributed by atoms with E-state index in [0.29, 0.717) is 10.7 Å². The lowest BCUT2D eigenvalue weighted by Gasteiger charge is -2.13. The monoisotopic (exact) mass is 322 g/mol. The number of nitrogens with zero attached hydrogens (tertiary/aromatic N) is 2. The molecule has 0 saturated carbocycles. The van der Waals surface area contributed by atoms with Crippen molar-refractivity contribution in [1.82, 2.24) is 9.78 Å². The van der Waals surface area contributed by atoms with Crippen LogP contribution in [0.15, 0.2) is 29.1 Å². The SMILES string of the molecule is COC(=O)c1c(C)n(-c2ccc(Cl)cc2)nc(C(=O)O)c1=O. The van der Waals surface area contributed by atoms with Crippen molar-refractivity contribution in [2.24, 2.45) is 0 Å². The maximum atomic E-state index is 12.1. The Hall–Kier alpha value is -2.67. The zero-order chi connectivity index (χ0) is 16.4. The van der Waals surface area contributed by atoms with Gasteiger partial charge in [-0.15, -0.1) is 0 Å². The summed E-state index contributed by atoms with van der Waals surface area (Å²) in [6.07, 6.45) is 0. The van der Waals surface area contributed by atoms with Gasteiger partial charge in [0.1, 0.15) is 5.56 Å². The summed E-state index contributed by atoms with van der Waals surface area (Å²) in [7, 11) is 1.11. The molecular formula is C14H11ClN2O5. The summed E-state index contributed by atoms with van der Waals surface area (Å²) in [6.45, 7) is 1.47. The Kier molecular flexibility index (Phi) is 4.27. The molecule has 0 unspecified atom stereocenters. The van der Waals surface area contributed by atoms with Gasteiger partial charge in [-0.1, -0.05) is 11.6 Å². The third-order valence-corrected chi connectivity index (χ3v) is 3.24. The third kappa shape index (κ3) is 2.71. The number of halogens is 1. The summed E-state index contributed by atoms with van der Waals surface area (Å²) in [5.41, 5.74) is -1.49. The fraction of sp³-hybridized carbons (Fsp3) is 0.143. The number of carbonyl (C=O) groups is 2. The standard InChI is InChI=1S/C14H11ClN2O5/c1-7-10(14(21)22-2)12(18)11(13(19)20)16-17(7)9-5-3-8(15)4-6-9/h3-6H,1-2H3,(H,19,20). The van der Waals surface area contributed by atoms with Crippen LogP contribution < -0.4 is 5.43 Å². The van der Waals surface area contributed by atoms with Crippen LogP contribution in [0.2, 0.25) is 5.02 Å². The van der Waals surface area contributed by atoms with Gasteiger partial charge in [0.2, 0.25) is 11.1 Å². The lowest BCUT2D eigenvalue weighted by molar-refractivity contribution is 0.0597. The van der Waals surface area contributed by atoms with Crippen molar-refractivity contribution in [3.05, 3.63) is 56.5 Å². The molecule has 0 saturated heterocycles. The Bertz CT molecular complexity index is 811. The second-order valence-electron chi connectivity index (χ2n) is 4.32. The summed E-state index contributed by atoms with van der Waals surface area (Å²) in [5.74, 6) is -2.45. The molecule has 7 nitrogen and oxygen atoms in total. The normalized spacial score (nSPS) is 10.3. The van der Waals surface area contributed by atoms with Gasteiger partial charge < -0.3 is 9.84 Å². The third-order valence-electron chi connectivity index (χ3n) is 2.98. The Morgan fingerprint density at radius 3 is 2.36 bits per heavy atom. The molecule has 1 N–H and O–H groups in total. The molecule has 0 aliphatic carbocycles. The molecule has 2 rings (SSSR count). The molecular weight excluding hydrogens is 312 g/mol. The highest BCUT2D eigenvalue weighted by Gasteiger charge is 2.24. The van der Waals surface area contributed by atoms with E-state index >= 15 is 0 Å². The zero-order valence-electron chi connectivity index (χ0n) is 11.7. The first-order chi connectivity index (χ1) is 10.4. The van der Waals surface area contributed by atoms with Gasteiger partial charge in [0.15, 0.2) is 0 Å². The van der Waals surface area contributed by atoms with Crippen LogP contribution in [0.25, 0.3) is 5.69 Å². The Morgan fingerprint density at radius 2 is 1.86 bits per heavy atom. The van der Waals surface area contributed by atoms with Crippen LogP contribution in [0.4, 0.5) is 0 Å². The number of esters is 1. The molecule has 1 aromatic carbocycles. The largest absolute Gasteiger partial charge is 0.476 e. The van der Waals surface area contributed by atoms with E-state index in [4.69, 9.17) is 16.7 Å². The molecule has 0 spiro atoms. The highest BCUT2D eigenvalue weighted by Crippen LogP contribution is 2.16. The average molecular weight is 323 g/mol. The molecule has 0 fully saturated rings. The van der Waals surface area contributed by atoms with E-state index < -0.39 is 23.1 Å². The van der Waals surface area contributed by atoms with Crippen molar-refractivity contribution in [2.75, 3.05) is 7.11 Å². The number of aromatic carboxylic acids is 1. The van der Waals surface area contributed by atoms with Crippen molar-refractivity contribution in [2.45, 2.75) is 6.92 Å². The first-order valence-electron chi connectivity index (χ1n) is 6.08. The molecule has 1 heterocycles. The molecule has 0 radical (unpaired) electrons. The van der Waals surface area contributed by atoms with Crippen LogP contribution in [0.1, 0.15) is 26.5 Å². The fourth-order valence-electron chi connectivity index (χ4n) is 1.93. The first kappa shape index (κ1) is 15.7. The van der Waals surface area contributed by atoms with Gasteiger partial charge in [0, 0.05) is 5.02 Å². The molecule has 0 bridgehead atoms. The number of hydrogen-bond donors (Lipinski definition) is 1. The van der Waals surface area contributed by atoms with Crippen LogP contribution in [-0.4, -0.2) is 33.9 Å². The summed E-state index contributed by atoms with van der Waals surface area (Å²) in [5, 5.41) is 13.4. The van der Waals surface area contributed by atoms with Gasteiger partial charge in [-0.25, -0.2) is 14.3 Å². The van der Waals surface area contributed by atoms with Crippen LogP contribution in [0.3, 0.4) is 0 Å². The van der Waals surface area contributed by atoms with Crippen LogP contribution in [0, 0.1) is 6.92 Å². The lowest BCUT2D eigenvalue weighted by atomic mass is 10.1. The molecule has 0 aliphatic heterocycles. The minimum atomic E-state index is -1.53. The topological polar surface area (TPSA) is 98.5 Å². The molecule has 0 aliphatic rings. The number of ether oxygens (including phenoxy) is 1. The second kappa shape index (κ2) is 5.98. The Labute approximate surface area is 129 Å². The summed E-state index contributed by atoms with van der Waals surface area (Å²) < 4.78 is 5.74. The van der Waals surface area contributed by atoms with E-state index in [9.17, 15) is 14.4 Å². The number of hydrogen-bond acceptors (Lipinski definition) is 5. The predicted octanol–water partition coefficient (Wildman–Crippen LogP) is 1.68. The molecule has 1 aromatic heterocycles. The second-order valence-corrected chi connectivity index (χ2v) is 4.76. The maximum absolute atomic E-state index is 12.1. The quantitative estimate of drug-likeness (QED) is 0.863. The number of rotatable bonds is 3. The van der Waals surface area contributed by atoms with Crippen molar-refractivity contribution in [1.29, 1.82) is 0 Å². The zero-order valence-corrected chi connectivity index (χ0v) is 12.4. The number of carboxylic acid groups (broad SMARTS) is 1. The molecule has 0 atom stereocenters. The van der Waals surface area contributed by atoms with Gasteiger partial charge in [-0.05, 0) is 31.2 Å². The maximum Gasteiger partial charge on any atom is 0.360 e. The summed E-state index contributed by atoms with van der Waals surface area (Å²) in [6, 6.07) is 6.32. The van der Waals surface area contributed by atoms with E-state index in [2.05, 4.69) is 9.84 Å². The minimum absolute atomic E-state index is 0.171. The average Bonchev–Trinajstić information content (AvgIpc) is 2.48. The number of carbonyl (C=O) groups excluding carboxylic acids is 1. The first-order valence-corrected chi connectivity index (χ1v) is 6.46. The predicted molar refractivity (Wildman–Crippen MR) is 77.9 cm³/mol. The molecule has 114 valence electrons. The highest BCUT2D eigenvalue weighted by atomic mass is 35.5. The number of methoxy groups -OCH3 is 1. The fourth-order valence-corrected chi connectivity index (χ4v) is 2.05. The molecule has 8 heteroatoms. The minimum Gasteiger partial charge on any atom is -0.476 e. The number of carboxylic acids is 1. The Balaban J connectivity index is 2.82. The number of benzene rings is 1.